The fourth-order valence-electron chi connectivity index (χ4n) is 2.84. The van der Waals surface area contributed by atoms with Crippen molar-refractivity contribution in [2.75, 3.05) is 20.2 Å². The first-order chi connectivity index (χ1) is 13.7. The molecule has 0 aliphatic rings. The normalized spacial score (nSPS) is 11.0. The van der Waals surface area contributed by atoms with Crippen molar-refractivity contribution in [1.29, 1.82) is 0 Å². The van der Waals surface area contributed by atoms with Crippen LogP contribution in [0.25, 0.3) is 10.8 Å². The molecule has 8 heteroatoms. The molecule has 0 saturated heterocycles. The van der Waals surface area contributed by atoms with Crippen LogP contribution in [0.1, 0.15) is 24.8 Å². The number of rotatable bonds is 10. The van der Waals surface area contributed by atoms with Crippen LogP contribution >= 0.6 is 11.3 Å². The van der Waals surface area contributed by atoms with Crippen molar-refractivity contribution in [1.82, 2.24) is 20.4 Å². The van der Waals surface area contributed by atoms with Gasteiger partial charge in [-0.3, -0.25) is 9.69 Å². The van der Waals surface area contributed by atoms with E-state index in [1.807, 2.05) is 46.7 Å². The molecule has 3 aromatic rings. The van der Waals surface area contributed by atoms with Crippen LogP contribution in [0.3, 0.4) is 0 Å². The molecule has 1 aromatic carbocycles. The highest BCUT2D eigenvalue weighted by atomic mass is 32.1. The summed E-state index contributed by atoms with van der Waals surface area (Å²) < 4.78 is 11.1. The summed E-state index contributed by atoms with van der Waals surface area (Å²) in [5.41, 5.74) is 0.942. The van der Waals surface area contributed by atoms with Gasteiger partial charge in [0.15, 0.2) is 0 Å². The van der Waals surface area contributed by atoms with Crippen molar-refractivity contribution in [3.8, 4) is 16.5 Å². The van der Waals surface area contributed by atoms with Crippen LogP contribution in [0.4, 0.5) is 0 Å². The van der Waals surface area contributed by atoms with E-state index in [1.165, 1.54) is 0 Å². The largest absolute Gasteiger partial charge is 0.496 e. The molecule has 2 heterocycles. The zero-order valence-corrected chi connectivity index (χ0v) is 16.9. The summed E-state index contributed by atoms with van der Waals surface area (Å²) in [6.45, 7) is 3.96. The molecule has 0 aliphatic carbocycles. The highest BCUT2D eigenvalue weighted by Crippen LogP contribution is 2.23. The van der Waals surface area contributed by atoms with Gasteiger partial charge in [-0.05, 0) is 30.5 Å². The van der Waals surface area contributed by atoms with Crippen LogP contribution in [0.2, 0.25) is 0 Å². The summed E-state index contributed by atoms with van der Waals surface area (Å²) in [5.74, 6) is 1.73. The lowest BCUT2D eigenvalue weighted by molar-refractivity contribution is -0.122. The number of nitrogens with zero attached hydrogens (tertiary/aromatic N) is 3. The summed E-state index contributed by atoms with van der Waals surface area (Å²) in [6, 6.07) is 11.5. The number of thiophene rings is 1. The van der Waals surface area contributed by atoms with Gasteiger partial charge in [0.1, 0.15) is 5.75 Å². The molecule has 1 N–H and O–H groups in total. The molecule has 0 fully saturated rings. The average Bonchev–Trinajstić information content (AvgIpc) is 3.38. The van der Waals surface area contributed by atoms with Crippen molar-refractivity contribution in [2.24, 2.45) is 0 Å². The average molecular weight is 401 g/mol. The maximum atomic E-state index is 12.4. The van der Waals surface area contributed by atoms with Gasteiger partial charge in [0, 0.05) is 12.1 Å². The van der Waals surface area contributed by atoms with E-state index < -0.39 is 0 Å². The number of amides is 1. The number of carbonyl (C=O) groups excluding carboxylic acids is 1. The standard InChI is InChI=1S/C20H24N4O3S/c1-3-10-24(14-19-22-23-20(27-19)17-9-6-11-28-17)13-18(25)21-12-15-7-4-5-8-16(15)26-2/h4-9,11H,3,10,12-14H2,1-2H3,(H,21,25). The van der Waals surface area contributed by atoms with Gasteiger partial charge in [-0.2, -0.15) is 0 Å². The Labute approximate surface area is 168 Å². The monoisotopic (exact) mass is 400 g/mol. The first kappa shape index (κ1) is 20.0. The molecule has 28 heavy (non-hydrogen) atoms. The van der Waals surface area contributed by atoms with E-state index in [9.17, 15) is 4.79 Å². The van der Waals surface area contributed by atoms with E-state index >= 15 is 0 Å². The Kier molecular flexibility index (Phi) is 7.16. The predicted octanol–water partition coefficient (Wildman–Crippen LogP) is 3.34. The summed E-state index contributed by atoms with van der Waals surface area (Å²) in [7, 11) is 1.62. The van der Waals surface area contributed by atoms with E-state index in [1.54, 1.807) is 18.4 Å². The first-order valence-electron chi connectivity index (χ1n) is 9.16. The van der Waals surface area contributed by atoms with Gasteiger partial charge >= 0.3 is 0 Å². The molecule has 148 valence electrons. The molecule has 2 aromatic heterocycles. The third-order valence-electron chi connectivity index (χ3n) is 4.13. The third-order valence-corrected chi connectivity index (χ3v) is 4.99. The number of aromatic nitrogens is 2. The Balaban J connectivity index is 1.56. The second kappa shape index (κ2) is 10.0. The molecule has 0 aliphatic heterocycles. The van der Waals surface area contributed by atoms with Gasteiger partial charge in [0.05, 0.1) is 25.1 Å². The predicted molar refractivity (Wildman–Crippen MR) is 108 cm³/mol. The maximum Gasteiger partial charge on any atom is 0.257 e. The number of benzene rings is 1. The Morgan fingerprint density at radius 3 is 2.86 bits per heavy atom. The minimum absolute atomic E-state index is 0.0580. The molecule has 0 radical (unpaired) electrons. The van der Waals surface area contributed by atoms with Crippen LogP contribution in [0.15, 0.2) is 46.2 Å². The van der Waals surface area contributed by atoms with Crippen LogP contribution in [0.5, 0.6) is 5.75 Å². The van der Waals surface area contributed by atoms with Crippen molar-refractivity contribution in [3.63, 3.8) is 0 Å². The van der Waals surface area contributed by atoms with Gasteiger partial charge in [0.2, 0.25) is 11.8 Å². The van der Waals surface area contributed by atoms with Crippen molar-refractivity contribution in [2.45, 2.75) is 26.4 Å². The van der Waals surface area contributed by atoms with Gasteiger partial charge < -0.3 is 14.5 Å². The van der Waals surface area contributed by atoms with Crippen LogP contribution in [-0.2, 0) is 17.9 Å². The Morgan fingerprint density at radius 1 is 1.25 bits per heavy atom. The Morgan fingerprint density at radius 2 is 2.11 bits per heavy atom. The lowest BCUT2D eigenvalue weighted by Crippen LogP contribution is -2.37. The third kappa shape index (κ3) is 5.40. The van der Waals surface area contributed by atoms with Crippen LogP contribution in [0, 0.1) is 0 Å². The number of hydrogen-bond acceptors (Lipinski definition) is 7. The Hall–Kier alpha value is -2.71. The summed E-state index contributed by atoms with van der Waals surface area (Å²) in [4.78, 5) is 15.4. The van der Waals surface area contributed by atoms with Crippen LogP contribution < -0.4 is 10.1 Å². The summed E-state index contributed by atoms with van der Waals surface area (Å²) >= 11 is 1.55. The molecule has 3 rings (SSSR count). The lowest BCUT2D eigenvalue weighted by atomic mass is 10.2. The molecule has 1 amide bonds. The minimum atomic E-state index is -0.0580. The van der Waals surface area contributed by atoms with E-state index in [2.05, 4.69) is 22.4 Å². The SMILES string of the molecule is CCCN(CC(=O)NCc1ccccc1OC)Cc1nnc(-c2cccs2)o1. The maximum absolute atomic E-state index is 12.4. The van der Waals surface area contributed by atoms with Crippen LogP contribution in [-0.4, -0.2) is 41.2 Å². The quantitative estimate of drug-likeness (QED) is 0.562. The lowest BCUT2D eigenvalue weighted by Gasteiger charge is -2.19. The second-order valence-electron chi connectivity index (χ2n) is 6.28. The van der Waals surface area contributed by atoms with E-state index in [0.29, 0.717) is 24.9 Å². The van der Waals surface area contributed by atoms with E-state index in [-0.39, 0.29) is 12.5 Å². The van der Waals surface area contributed by atoms with E-state index in [4.69, 9.17) is 9.15 Å². The molecule has 0 unspecified atom stereocenters. The summed E-state index contributed by atoms with van der Waals surface area (Å²) in [5, 5.41) is 13.1. The number of carbonyl (C=O) groups is 1. The fraction of sp³-hybridized carbons (Fsp3) is 0.350. The molecule has 0 saturated carbocycles. The zero-order valence-electron chi connectivity index (χ0n) is 16.1. The first-order valence-corrected chi connectivity index (χ1v) is 10.0. The molecule has 0 bridgehead atoms. The fourth-order valence-corrected chi connectivity index (χ4v) is 3.48. The molecule has 7 nitrogen and oxygen atoms in total. The Bertz CT molecular complexity index is 879. The zero-order chi connectivity index (χ0) is 19.8. The smallest absolute Gasteiger partial charge is 0.257 e. The molecule has 0 spiro atoms. The highest BCUT2D eigenvalue weighted by molar-refractivity contribution is 7.13. The summed E-state index contributed by atoms with van der Waals surface area (Å²) in [6.07, 6.45) is 0.922. The molecular weight excluding hydrogens is 376 g/mol. The van der Waals surface area contributed by atoms with E-state index in [0.717, 1.165) is 29.2 Å². The number of nitrogens with one attached hydrogen (secondary N) is 1. The number of hydrogen-bond donors (Lipinski definition) is 1. The topological polar surface area (TPSA) is 80.5 Å². The van der Waals surface area contributed by atoms with Gasteiger partial charge in [-0.15, -0.1) is 21.5 Å². The van der Waals surface area contributed by atoms with Gasteiger partial charge in [-0.1, -0.05) is 31.2 Å². The number of methoxy groups -OCH3 is 1. The molecular formula is C20H24N4O3S. The van der Waals surface area contributed by atoms with Gasteiger partial charge in [-0.25, -0.2) is 0 Å². The minimum Gasteiger partial charge on any atom is -0.496 e. The number of ether oxygens (including phenoxy) is 1. The van der Waals surface area contributed by atoms with Crippen molar-refractivity contribution in [3.05, 3.63) is 53.2 Å². The highest BCUT2D eigenvalue weighted by Gasteiger charge is 2.16. The number of para-hydroxylation sites is 1. The van der Waals surface area contributed by atoms with Gasteiger partial charge in [0.25, 0.3) is 5.89 Å². The van der Waals surface area contributed by atoms with Crippen molar-refractivity contribution < 1.29 is 13.9 Å². The molecule has 0 atom stereocenters. The van der Waals surface area contributed by atoms with Crippen molar-refractivity contribution >= 4 is 17.2 Å². The second-order valence-corrected chi connectivity index (χ2v) is 7.23.